The Bertz CT molecular complexity index is 497. The lowest BCUT2D eigenvalue weighted by atomic mass is 9.99. The number of nitrogens with zero attached hydrogens (tertiary/aromatic N) is 1. The number of hydrogen-bond acceptors (Lipinski definition) is 2. The summed E-state index contributed by atoms with van der Waals surface area (Å²) in [6, 6.07) is 3.01. The number of ether oxygens (including phenoxy) is 1. The lowest BCUT2D eigenvalue weighted by Crippen LogP contribution is -2.45. The minimum Gasteiger partial charge on any atom is -0.452 e. The van der Waals surface area contributed by atoms with E-state index in [2.05, 4.69) is 0 Å². The molecule has 0 saturated heterocycles. The SMILES string of the molecule is CCc1cc(F)cc2c1N(C(=O)OC)C(C)(C)C2. The Hall–Kier alpha value is -1.58. The van der Waals surface area contributed by atoms with E-state index in [4.69, 9.17) is 4.74 Å². The molecule has 1 amide bonds. The lowest BCUT2D eigenvalue weighted by molar-refractivity contribution is 0.173. The maximum Gasteiger partial charge on any atom is 0.414 e. The van der Waals surface area contributed by atoms with Gasteiger partial charge in [0.2, 0.25) is 0 Å². The third-order valence-corrected chi connectivity index (χ3v) is 3.42. The van der Waals surface area contributed by atoms with Crippen molar-refractivity contribution < 1.29 is 13.9 Å². The Morgan fingerprint density at radius 2 is 2.17 bits per heavy atom. The number of anilines is 1. The summed E-state index contributed by atoms with van der Waals surface area (Å²) in [4.78, 5) is 13.6. The molecule has 2 rings (SSSR count). The number of carbonyl (C=O) groups is 1. The quantitative estimate of drug-likeness (QED) is 0.766. The molecule has 1 aliphatic rings. The van der Waals surface area contributed by atoms with Crippen LogP contribution in [0.2, 0.25) is 0 Å². The fraction of sp³-hybridized carbons (Fsp3) is 0.500. The van der Waals surface area contributed by atoms with Gasteiger partial charge in [0.15, 0.2) is 0 Å². The molecule has 98 valence electrons. The zero-order chi connectivity index (χ0) is 13.5. The minimum absolute atomic E-state index is 0.242. The van der Waals surface area contributed by atoms with Crippen LogP contribution in [0.15, 0.2) is 12.1 Å². The summed E-state index contributed by atoms with van der Waals surface area (Å²) < 4.78 is 18.4. The van der Waals surface area contributed by atoms with Crippen molar-refractivity contribution in [3.8, 4) is 0 Å². The first kappa shape index (κ1) is 12.9. The molecule has 0 saturated carbocycles. The van der Waals surface area contributed by atoms with Gasteiger partial charge in [-0.25, -0.2) is 9.18 Å². The van der Waals surface area contributed by atoms with Crippen molar-refractivity contribution in [1.29, 1.82) is 0 Å². The van der Waals surface area contributed by atoms with Gasteiger partial charge in [0, 0.05) is 5.54 Å². The number of methoxy groups -OCH3 is 1. The summed E-state index contributed by atoms with van der Waals surface area (Å²) in [7, 11) is 1.37. The van der Waals surface area contributed by atoms with Crippen molar-refractivity contribution in [3.05, 3.63) is 29.1 Å². The molecule has 1 heterocycles. The third-order valence-electron chi connectivity index (χ3n) is 3.42. The highest BCUT2D eigenvalue weighted by atomic mass is 19.1. The van der Waals surface area contributed by atoms with Crippen LogP contribution in [0.1, 0.15) is 31.9 Å². The summed E-state index contributed by atoms with van der Waals surface area (Å²) >= 11 is 0. The molecule has 1 aliphatic heterocycles. The van der Waals surface area contributed by atoms with Crippen molar-refractivity contribution in [1.82, 2.24) is 0 Å². The van der Waals surface area contributed by atoms with E-state index in [0.717, 1.165) is 16.8 Å². The van der Waals surface area contributed by atoms with Gasteiger partial charge >= 0.3 is 6.09 Å². The first-order valence-corrected chi connectivity index (χ1v) is 6.10. The second-order valence-corrected chi connectivity index (χ2v) is 5.22. The van der Waals surface area contributed by atoms with Crippen LogP contribution in [0.5, 0.6) is 0 Å². The summed E-state index contributed by atoms with van der Waals surface area (Å²) in [5.74, 6) is -0.242. The van der Waals surface area contributed by atoms with Gasteiger partial charge in [0.25, 0.3) is 0 Å². The maximum atomic E-state index is 13.5. The van der Waals surface area contributed by atoms with Crippen LogP contribution in [-0.4, -0.2) is 18.7 Å². The summed E-state index contributed by atoms with van der Waals surface area (Å²) in [6.45, 7) is 5.87. The second-order valence-electron chi connectivity index (χ2n) is 5.22. The van der Waals surface area contributed by atoms with Crippen molar-refractivity contribution in [2.24, 2.45) is 0 Å². The average Bonchev–Trinajstić information content (AvgIpc) is 2.56. The topological polar surface area (TPSA) is 29.5 Å². The number of rotatable bonds is 1. The van der Waals surface area contributed by atoms with Crippen LogP contribution in [0, 0.1) is 5.82 Å². The minimum atomic E-state index is -0.389. The molecule has 0 spiro atoms. The summed E-state index contributed by atoms with van der Waals surface area (Å²) in [6.07, 6.45) is 0.936. The Morgan fingerprint density at radius 3 is 2.72 bits per heavy atom. The van der Waals surface area contributed by atoms with Gasteiger partial charge in [-0.15, -0.1) is 0 Å². The van der Waals surface area contributed by atoms with Crippen molar-refractivity contribution in [3.63, 3.8) is 0 Å². The second kappa shape index (κ2) is 4.26. The van der Waals surface area contributed by atoms with Gasteiger partial charge < -0.3 is 4.74 Å². The monoisotopic (exact) mass is 251 g/mol. The number of carbonyl (C=O) groups excluding carboxylic acids is 1. The number of benzene rings is 1. The van der Waals surface area contributed by atoms with Gasteiger partial charge in [0.05, 0.1) is 12.8 Å². The molecule has 0 bridgehead atoms. The van der Waals surface area contributed by atoms with Gasteiger partial charge in [-0.1, -0.05) is 6.92 Å². The molecular weight excluding hydrogens is 233 g/mol. The first-order valence-electron chi connectivity index (χ1n) is 6.10. The number of halogens is 1. The normalized spacial score (nSPS) is 16.6. The Kier molecular flexibility index (Phi) is 3.05. The fourth-order valence-corrected chi connectivity index (χ4v) is 2.69. The molecule has 0 radical (unpaired) electrons. The molecule has 0 aromatic heterocycles. The van der Waals surface area contributed by atoms with Gasteiger partial charge in [0.1, 0.15) is 5.82 Å². The zero-order valence-electron chi connectivity index (χ0n) is 11.2. The zero-order valence-corrected chi connectivity index (χ0v) is 11.2. The Morgan fingerprint density at radius 1 is 1.50 bits per heavy atom. The van der Waals surface area contributed by atoms with Crippen LogP contribution in [-0.2, 0) is 17.6 Å². The van der Waals surface area contributed by atoms with E-state index in [-0.39, 0.29) is 17.4 Å². The average molecular weight is 251 g/mol. The predicted octanol–water partition coefficient (Wildman–Crippen LogP) is 3.30. The molecule has 3 nitrogen and oxygen atoms in total. The van der Waals surface area contributed by atoms with Crippen molar-refractivity contribution in [2.45, 2.75) is 39.2 Å². The molecular formula is C14H18FNO2. The van der Waals surface area contributed by atoms with E-state index >= 15 is 0 Å². The molecule has 0 fully saturated rings. The van der Waals surface area contributed by atoms with Crippen LogP contribution in [0.25, 0.3) is 0 Å². The van der Waals surface area contributed by atoms with Gasteiger partial charge in [-0.05, 0) is 49.9 Å². The molecule has 4 heteroatoms. The highest BCUT2D eigenvalue weighted by Gasteiger charge is 2.42. The highest BCUT2D eigenvalue weighted by molar-refractivity contribution is 5.93. The van der Waals surface area contributed by atoms with E-state index in [1.165, 1.54) is 19.2 Å². The van der Waals surface area contributed by atoms with Crippen LogP contribution in [0.3, 0.4) is 0 Å². The summed E-state index contributed by atoms with van der Waals surface area (Å²) in [5.41, 5.74) is 2.16. The highest BCUT2D eigenvalue weighted by Crippen LogP contribution is 2.42. The third kappa shape index (κ3) is 1.85. The van der Waals surface area contributed by atoms with E-state index in [1.807, 2.05) is 20.8 Å². The van der Waals surface area contributed by atoms with Crippen molar-refractivity contribution in [2.75, 3.05) is 12.0 Å². The number of amides is 1. The first-order chi connectivity index (χ1) is 8.40. The fourth-order valence-electron chi connectivity index (χ4n) is 2.69. The maximum absolute atomic E-state index is 13.5. The Balaban J connectivity index is 2.62. The molecule has 0 unspecified atom stereocenters. The van der Waals surface area contributed by atoms with Gasteiger partial charge in [-0.3, -0.25) is 4.90 Å². The molecule has 1 aromatic carbocycles. The molecule has 18 heavy (non-hydrogen) atoms. The number of hydrogen-bond donors (Lipinski definition) is 0. The lowest BCUT2D eigenvalue weighted by Gasteiger charge is -2.31. The Labute approximate surface area is 107 Å². The van der Waals surface area contributed by atoms with Gasteiger partial charge in [-0.2, -0.15) is 0 Å². The molecule has 0 atom stereocenters. The van der Waals surface area contributed by atoms with Crippen LogP contribution < -0.4 is 4.90 Å². The van der Waals surface area contributed by atoms with Crippen LogP contribution >= 0.6 is 0 Å². The van der Waals surface area contributed by atoms with E-state index in [0.29, 0.717) is 12.8 Å². The molecule has 1 aromatic rings. The smallest absolute Gasteiger partial charge is 0.414 e. The van der Waals surface area contributed by atoms with E-state index < -0.39 is 0 Å². The standard InChI is InChI=1S/C14H18FNO2/c1-5-9-6-11(15)7-10-8-14(2,3)16(12(9)10)13(17)18-4/h6-7H,5,8H2,1-4H3. The van der Waals surface area contributed by atoms with E-state index in [1.54, 1.807) is 4.90 Å². The summed E-state index contributed by atoms with van der Waals surface area (Å²) in [5, 5.41) is 0. The van der Waals surface area contributed by atoms with Crippen molar-refractivity contribution >= 4 is 11.8 Å². The molecule has 0 N–H and O–H groups in total. The van der Waals surface area contributed by atoms with E-state index in [9.17, 15) is 9.18 Å². The van der Waals surface area contributed by atoms with Crippen LogP contribution in [0.4, 0.5) is 14.9 Å². The predicted molar refractivity (Wildman–Crippen MR) is 68.4 cm³/mol. The number of aryl methyl sites for hydroxylation is 1. The number of fused-ring (bicyclic) bond motifs is 1. The largest absolute Gasteiger partial charge is 0.452 e. The molecule has 0 aliphatic carbocycles.